The number of benzene rings is 1. The van der Waals surface area contributed by atoms with Crippen LogP contribution in [0.2, 0.25) is 0 Å². The number of fused-ring (bicyclic) bond motifs is 1. The summed E-state index contributed by atoms with van der Waals surface area (Å²) >= 11 is 0. The Bertz CT molecular complexity index is 837. The fraction of sp³-hybridized carbons (Fsp3) is 0.133. The van der Waals surface area contributed by atoms with Crippen molar-refractivity contribution >= 4 is 22.8 Å². The molecule has 2 aromatic heterocycles. The van der Waals surface area contributed by atoms with Gasteiger partial charge in [0.15, 0.2) is 0 Å². The molecule has 0 fully saturated rings. The monoisotopic (exact) mass is 281 g/mol. The second kappa shape index (κ2) is 4.90. The van der Waals surface area contributed by atoms with E-state index in [1.54, 1.807) is 29.2 Å². The summed E-state index contributed by atoms with van der Waals surface area (Å²) in [6.45, 7) is 3.91. The maximum Gasteiger partial charge on any atom is 0.259 e. The van der Waals surface area contributed by atoms with Crippen molar-refractivity contribution in [3.63, 3.8) is 0 Å². The average molecular weight is 281 g/mol. The second-order valence-corrected chi connectivity index (χ2v) is 4.89. The molecule has 0 saturated heterocycles. The number of rotatable bonds is 2. The molecule has 21 heavy (non-hydrogen) atoms. The largest absolute Gasteiger partial charge is 0.397 e. The van der Waals surface area contributed by atoms with Crippen LogP contribution in [0.15, 0.2) is 36.9 Å². The number of aryl methyl sites for hydroxylation is 1. The van der Waals surface area contributed by atoms with Crippen molar-refractivity contribution in [3.8, 4) is 0 Å². The van der Waals surface area contributed by atoms with Crippen LogP contribution in [-0.2, 0) is 0 Å². The van der Waals surface area contributed by atoms with E-state index in [9.17, 15) is 4.79 Å². The van der Waals surface area contributed by atoms with Crippen LogP contribution in [-0.4, -0.2) is 20.5 Å². The van der Waals surface area contributed by atoms with Gasteiger partial charge in [0.05, 0.1) is 34.8 Å². The fourth-order valence-corrected chi connectivity index (χ4v) is 2.19. The number of amides is 1. The molecular weight excluding hydrogens is 266 g/mol. The van der Waals surface area contributed by atoms with Gasteiger partial charge in [-0.3, -0.25) is 9.78 Å². The van der Waals surface area contributed by atoms with Gasteiger partial charge in [0.25, 0.3) is 5.91 Å². The van der Waals surface area contributed by atoms with Crippen LogP contribution in [0.1, 0.15) is 21.5 Å². The molecule has 0 unspecified atom stereocenters. The van der Waals surface area contributed by atoms with Gasteiger partial charge in [-0.15, -0.1) is 0 Å². The third-order valence-corrected chi connectivity index (χ3v) is 3.58. The third kappa shape index (κ3) is 2.20. The first-order chi connectivity index (χ1) is 10.1. The smallest absolute Gasteiger partial charge is 0.259 e. The van der Waals surface area contributed by atoms with E-state index >= 15 is 0 Å². The van der Waals surface area contributed by atoms with Gasteiger partial charge in [-0.05, 0) is 31.0 Å². The minimum atomic E-state index is -0.251. The first kappa shape index (κ1) is 13.1. The summed E-state index contributed by atoms with van der Waals surface area (Å²) in [5, 5.41) is 7.00. The first-order valence-electron chi connectivity index (χ1n) is 6.52. The molecular formula is C15H15N5O. The Morgan fingerprint density at radius 2 is 2.10 bits per heavy atom. The Hall–Kier alpha value is -2.89. The van der Waals surface area contributed by atoms with Gasteiger partial charge in [-0.2, -0.15) is 5.10 Å². The van der Waals surface area contributed by atoms with E-state index in [1.165, 1.54) is 6.20 Å². The highest BCUT2D eigenvalue weighted by Gasteiger charge is 2.15. The highest BCUT2D eigenvalue weighted by atomic mass is 16.1. The third-order valence-electron chi connectivity index (χ3n) is 3.58. The highest BCUT2D eigenvalue weighted by molar-refractivity contribution is 6.10. The second-order valence-electron chi connectivity index (χ2n) is 4.89. The molecule has 6 heteroatoms. The molecule has 0 aliphatic heterocycles. The molecule has 1 amide bonds. The lowest BCUT2D eigenvalue weighted by Crippen LogP contribution is -2.14. The van der Waals surface area contributed by atoms with Crippen molar-refractivity contribution in [1.82, 2.24) is 14.6 Å². The zero-order valence-corrected chi connectivity index (χ0v) is 11.8. The number of carbonyl (C=O) groups excluding carboxylic acids is 1. The number of hydrogen-bond acceptors (Lipinski definition) is 4. The van der Waals surface area contributed by atoms with Crippen molar-refractivity contribution in [1.29, 1.82) is 0 Å². The van der Waals surface area contributed by atoms with Crippen LogP contribution in [0.4, 0.5) is 11.4 Å². The van der Waals surface area contributed by atoms with Gasteiger partial charge in [0.2, 0.25) is 0 Å². The Balaban J connectivity index is 1.99. The summed E-state index contributed by atoms with van der Waals surface area (Å²) in [7, 11) is 0. The lowest BCUT2D eigenvalue weighted by atomic mass is 10.1. The van der Waals surface area contributed by atoms with Crippen LogP contribution in [0.5, 0.6) is 0 Å². The summed E-state index contributed by atoms with van der Waals surface area (Å²) in [6.07, 6.45) is 6.44. The molecule has 2 heterocycles. The molecule has 1 aromatic carbocycles. The summed E-state index contributed by atoms with van der Waals surface area (Å²) in [5.74, 6) is -0.251. The lowest BCUT2D eigenvalue weighted by Gasteiger charge is -2.12. The van der Waals surface area contributed by atoms with E-state index in [1.807, 2.05) is 19.9 Å². The van der Waals surface area contributed by atoms with Gasteiger partial charge in [0, 0.05) is 12.4 Å². The molecule has 0 aliphatic rings. The van der Waals surface area contributed by atoms with Crippen LogP contribution in [0.3, 0.4) is 0 Å². The van der Waals surface area contributed by atoms with Crippen LogP contribution in [0, 0.1) is 13.8 Å². The SMILES string of the molecule is Cc1ccc(N)c(NC(=O)c2cnn3ccncc23)c1C. The minimum Gasteiger partial charge on any atom is -0.397 e. The van der Waals surface area contributed by atoms with E-state index in [0.29, 0.717) is 22.5 Å². The lowest BCUT2D eigenvalue weighted by molar-refractivity contribution is 0.102. The van der Waals surface area contributed by atoms with Crippen molar-refractivity contribution in [2.45, 2.75) is 13.8 Å². The fourth-order valence-electron chi connectivity index (χ4n) is 2.19. The van der Waals surface area contributed by atoms with Gasteiger partial charge < -0.3 is 11.1 Å². The Kier molecular flexibility index (Phi) is 3.06. The molecule has 0 spiro atoms. The number of nitrogens with zero attached hydrogens (tertiary/aromatic N) is 3. The van der Waals surface area contributed by atoms with Gasteiger partial charge in [-0.1, -0.05) is 6.07 Å². The maximum absolute atomic E-state index is 12.5. The predicted octanol–water partition coefficient (Wildman–Crippen LogP) is 2.18. The van der Waals surface area contributed by atoms with Gasteiger partial charge in [-0.25, -0.2) is 4.52 Å². The summed E-state index contributed by atoms with van der Waals surface area (Å²) in [4.78, 5) is 16.5. The van der Waals surface area contributed by atoms with Crippen molar-refractivity contribution in [2.75, 3.05) is 11.1 Å². The van der Waals surface area contributed by atoms with Crippen LogP contribution in [0.25, 0.3) is 5.52 Å². The highest BCUT2D eigenvalue weighted by Crippen LogP contribution is 2.26. The number of carbonyl (C=O) groups is 1. The maximum atomic E-state index is 12.5. The molecule has 0 radical (unpaired) electrons. The van der Waals surface area contributed by atoms with E-state index in [2.05, 4.69) is 15.4 Å². The normalized spacial score (nSPS) is 10.8. The molecule has 6 nitrogen and oxygen atoms in total. The molecule has 3 rings (SSSR count). The zero-order valence-electron chi connectivity index (χ0n) is 11.8. The minimum absolute atomic E-state index is 0.251. The number of aromatic nitrogens is 3. The first-order valence-corrected chi connectivity index (χ1v) is 6.52. The zero-order chi connectivity index (χ0) is 15.0. The Morgan fingerprint density at radius 3 is 2.90 bits per heavy atom. The summed E-state index contributed by atoms with van der Waals surface area (Å²) in [6, 6.07) is 3.72. The molecule has 3 N–H and O–H groups in total. The Morgan fingerprint density at radius 1 is 1.29 bits per heavy atom. The molecule has 0 bridgehead atoms. The number of nitrogen functional groups attached to an aromatic ring is 1. The number of nitrogens with one attached hydrogen (secondary N) is 1. The van der Waals surface area contributed by atoms with Crippen LogP contribution < -0.4 is 11.1 Å². The van der Waals surface area contributed by atoms with Gasteiger partial charge in [0.1, 0.15) is 0 Å². The number of nitrogens with two attached hydrogens (primary N) is 1. The molecule has 0 aliphatic carbocycles. The molecule has 0 atom stereocenters. The van der Waals surface area contributed by atoms with E-state index < -0.39 is 0 Å². The van der Waals surface area contributed by atoms with Crippen LogP contribution >= 0.6 is 0 Å². The summed E-state index contributed by atoms with van der Waals surface area (Å²) < 4.78 is 1.61. The Labute approximate surface area is 121 Å². The molecule has 0 saturated carbocycles. The number of anilines is 2. The van der Waals surface area contributed by atoms with E-state index in [4.69, 9.17) is 5.73 Å². The van der Waals surface area contributed by atoms with Gasteiger partial charge >= 0.3 is 0 Å². The predicted molar refractivity (Wildman–Crippen MR) is 81.3 cm³/mol. The average Bonchev–Trinajstić information content (AvgIpc) is 2.91. The van der Waals surface area contributed by atoms with Crippen molar-refractivity contribution in [2.24, 2.45) is 0 Å². The quantitative estimate of drug-likeness (QED) is 0.705. The van der Waals surface area contributed by atoms with Crippen molar-refractivity contribution < 1.29 is 4.79 Å². The standard InChI is InChI=1S/C15H15N5O/c1-9-3-4-12(16)14(10(9)2)19-15(21)11-7-18-20-6-5-17-8-13(11)20/h3-8H,16H2,1-2H3,(H,19,21). The number of hydrogen-bond donors (Lipinski definition) is 2. The van der Waals surface area contributed by atoms with Crippen molar-refractivity contribution in [3.05, 3.63) is 53.6 Å². The van der Waals surface area contributed by atoms with E-state index in [-0.39, 0.29) is 5.91 Å². The van der Waals surface area contributed by atoms with E-state index in [0.717, 1.165) is 11.1 Å². The summed E-state index contributed by atoms with van der Waals surface area (Å²) in [5.41, 5.74) is 10.3. The molecule has 3 aromatic rings. The topological polar surface area (TPSA) is 85.3 Å². The molecule has 106 valence electrons.